The molecule has 7 heteroatoms. The first kappa shape index (κ1) is 18.6. The van der Waals surface area contributed by atoms with Crippen molar-refractivity contribution < 1.29 is 24.0 Å². The van der Waals surface area contributed by atoms with Crippen LogP contribution in [0.2, 0.25) is 0 Å². The highest BCUT2D eigenvalue weighted by Gasteiger charge is 2.27. The molecule has 4 rings (SSSR count). The molecule has 6 nitrogen and oxygen atoms in total. The molecule has 0 saturated heterocycles. The lowest BCUT2D eigenvalue weighted by atomic mass is 9.75. The van der Waals surface area contributed by atoms with E-state index in [4.69, 9.17) is 9.15 Å². The van der Waals surface area contributed by atoms with Crippen LogP contribution in [-0.2, 0) is 24.1 Å². The molecule has 1 unspecified atom stereocenters. The van der Waals surface area contributed by atoms with Crippen LogP contribution in [0.15, 0.2) is 53.1 Å². The van der Waals surface area contributed by atoms with Crippen LogP contribution >= 0.6 is 0 Å². The Hall–Kier alpha value is -2.77. The van der Waals surface area contributed by atoms with Crippen LogP contribution in [0.1, 0.15) is 23.1 Å². The van der Waals surface area contributed by atoms with E-state index in [0.717, 1.165) is 46.3 Å². The third-order valence-electron chi connectivity index (χ3n) is 5.05. The van der Waals surface area contributed by atoms with Gasteiger partial charge in [-0.1, -0.05) is 30.3 Å². The number of carbonyl (C=O) groups is 1. The highest BCUT2D eigenvalue weighted by molar-refractivity contribution is 6.43. The van der Waals surface area contributed by atoms with Crippen molar-refractivity contribution in [3.63, 3.8) is 0 Å². The number of aryl methyl sites for hydroxylation is 1. The summed E-state index contributed by atoms with van der Waals surface area (Å²) in [6.45, 7) is 0.695. The predicted molar refractivity (Wildman–Crippen MR) is 106 cm³/mol. The molecule has 3 N–H and O–H groups in total. The summed E-state index contributed by atoms with van der Waals surface area (Å²) >= 11 is 0. The summed E-state index contributed by atoms with van der Waals surface area (Å²) in [6, 6.07) is 13.3. The van der Waals surface area contributed by atoms with E-state index in [2.05, 4.69) is 5.32 Å². The Morgan fingerprint density at radius 2 is 2.07 bits per heavy atom. The maximum Gasteiger partial charge on any atom is 0.475 e. The van der Waals surface area contributed by atoms with Gasteiger partial charge in [0.25, 0.3) is 0 Å². The van der Waals surface area contributed by atoms with E-state index >= 15 is 0 Å². The molecule has 3 aromatic rings. The van der Waals surface area contributed by atoms with Gasteiger partial charge >= 0.3 is 7.12 Å². The molecule has 0 spiro atoms. The molecule has 0 bridgehead atoms. The Balaban J connectivity index is 1.43. The number of benzene rings is 2. The fourth-order valence-corrected chi connectivity index (χ4v) is 3.60. The van der Waals surface area contributed by atoms with Crippen LogP contribution in [0.3, 0.4) is 0 Å². The summed E-state index contributed by atoms with van der Waals surface area (Å²) in [5.74, 6) is -0.274. The van der Waals surface area contributed by atoms with E-state index in [-0.39, 0.29) is 18.7 Å². The number of carbonyl (C=O) groups excluding carboxylic acids is 1. The molecule has 0 aliphatic carbocycles. The molecular weight excluding hydrogens is 357 g/mol. The summed E-state index contributed by atoms with van der Waals surface area (Å²) in [5, 5.41) is 23.1. The van der Waals surface area contributed by atoms with Crippen molar-refractivity contribution in [3.8, 4) is 5.75 Å². The van der Waals surface area contributed by atoms with E-state index in [1.807, 2.05) is 42.5 Å². The number of amides is 1. The second-order valence-corrected chi connectivity index (χ2v) is 7.12. The Labute approximate surface area is 163 Å². The van der Waals surface area contributed by atoms with Gasteiger partial charge in [0.2, 0.25) is 5.91 Å². The smallest absolute Gasteiger partial charge is 0.475 e. The Kier molecular flexibility index (Phi) is 5.37. The zero-order valence-corrected chi connectivity index (χ0v) is 15.4. The van der Waals surface area contributed by atoms with Crippen molar-refractivity contribution in [2.75, 3.05) is 6.61 Å². The molecule has 0 saturated carbocycles. The maximum atomic E-state index is 12.5. The quantitative estimate of drug-likeness (QED) is 0.570. The van der Waals surface area contributed by atoms with E-state index < -0.39 is 13.1 Å². The van der Waals surface area contributed by atoms with Crippen LogP contribution in [0.25, 0.3) is 11.0 Å². The average molecular weight is 379 g/mol. The fourth-order valence-electron chi connectivity index (χ4n) is 3.60. The fraction of sp³-hybridized carbons (Fsp3) is 0.286. The molecule has 0 radical (unpaired) electrons. The summed E-state index contributed by atoms with van der Waals surface area (Å²) < 4.78 is 11.1. The Morgan fingerprint density at radius 1 is 1.21 bits per heavy atom. The van der Waals surface area contributed by atoms with Crippen LogP contribution in [0.4, 0.5) is 0 Å². The maximum absolute atomic E-state index is 12.5. The van der Waals surface area contributed by atoms with Crippen molar-refractivity contribution in [2.45, 2.75) is 31.6 Å². The highest BCUT2D eigenvalue weighted by Crippen LogP contribution is 2.26. The van der Waals surface area contributed by atoms with E-state index in [1.165, 1.54) is 0 Å². The molecule has 144 valence electrons. The number of ether oxygens (including phenoxy) is 1. The number of fused-ring (bicyclic) bond motifs is 2. The predicted octanol–water partition coefficient (Wildman–Crippen LogP) is 2.04. The van der Waals surface area contributed by atoms with Crippen molar-refractivity contribution in [3.05, 3.63) is 65.4 Å². The Morgan fingerprint density at radius 3 is 2.93 bits per heavy atom. The monoisotopic (exact) mass is 379 g/mol. The minimum absolute atomic E-state index is 0.145. The van der Waals surface area contributed by atoms with Gasteiger partial charge in [0.05, 0.1) is 25.2 Å². The lowest BCUT2D eigenvalue weighted by Crippen LogP contribution is -2.48. The molecular formula is C21H22BNO5. The molecule has 1 amide bonds. The standard InChI is InChI=1S/C21H22BNO5/c24-21(11-14-7-8-15-4-3-9-27-19(15)10-14)23-20(22(25)26)12-16-13-28-18-6-2-1-5-17(16)18/h1-2,5-8,10,13,20,25-26H,3-4,9,11-12H2,(H,23,24). The van der Waals surface area contributed by atoms with Gasteiger partial charge in [0, 0.05) is 5.39 Å². The first-order chi connectivity index (χ1) is 13.6. The van der Waals surface area contributed by atoms with Crippen molar-refractivity contribution >= 4 is 24.0 Å². The number of hydrogen-bond donors (Lipinski definition) is 3. The number of para-hydroxylation sites is 1. The molecule has 28 heavy (non-hydrogen) atoms. The van der Waals surface area contributed by atoms with Gasteiger partial charge in [-0.2, -0.15) is 0 Å². The summed E-state index contributed by atoms with van der Waals surface area (Å²) in [7, 11) is -1.68. The molecule has 1 aliphatic heterocycles. The first-order valence-corrected chi connectivity index (χ1v) is 9.45. The summed E-state index contributed by atoms with van der Waals surface area (Å²) in [5.41, 5.74) is 3.53. The number of nitrogens with one attached hydrogen (secondary N) is 1. The molecule has 0 fully saturated rings. The zero-order valence-electron chi connectivity index (χ0n) is 15.4. The average Bonchev–Trinajstić information content (AvgIpc) is 3.10. The van der Waals surface area contributed by atoms with Gasteiger partial charge in [-0.05, 0) is 48.1 Å². The topological polar surface area (TPSA) is 91.9 Å². The lowest BCUT2D eigenvalue weighted by Gasteiger charge is -2.19. The van der Waals surface area contributed by atoms with Crippen LogP contribution < -0.4 is 10.1 Å². The minimum atomic E-state index is -1.68. The zero-order chi connectivity index (χ0) is 19.5. The molecule has 2 aromatic carbocycles. The van der Waals surface area contributed by atoms with Gasteiger partial charge in [-0.3, -0.25) is 4.79 Å². The van der Waals surface area contributed by atoms with E-state index in [9.17, 15) is 14.8 Å². The molecule has 1 aliphatic rings. The van der Waals surface area contributed by atoms with Crippen LogP contribution in [0, 0.1) is 0 Å². The Bertz CT molecular complexity index is 984. The van der Waals surface area contributed by atoms with E-state index in [1.54, 1.807) is 6.26 Å². The largest absolute Gasteiger partial charge is 0.493 e. The number of furan rings is 1. The van der Waals surface area contributed by atoms with Crippen molar-refractivity contribution in [1.29, 1.82) is 0 Å². The molecule has 1 aromatic heterocycles. The second-order valence-electron chi connectivity index (χ2n) is 7.12. The normalized spacial score (nSPS) is 14.2. The summed E-state index contributed by atoms with van der Waals surface area (Å²) in [4.78, 5) is 12.5. The summed E-state index contributed by atoms with van der Waals surface area (Å²) in [6.07, 6.45) is 3.98. The second kappa shape index (κ2) is 8.08. The minimum Gasteiger partial charge on any atom is -0.493 e. The molecule has 1 atom stereocenters. The number of hydrogen-bond acceptors (Lipinski definition) is 5. The van der Waals surface area contributed by atoms with Gasteiger partial charge in [0.15, 0.2) is 0 Å². The number of rotatable bonds is 6. The van der Waals surface area contributed by atoms with Gasteiger partial charge in [-0.25, -0.2) is 0 Å². The van der Waals surface area contributed by atoms with Gasteiger partial charge in [-0.15, -0.1) is 0 Å². The van der Waals surface area contributed by atoms with Crippen molar-refractivity contribution in [2.24, 2.45) is 0 Å². The molecule has 2 heterocycles. The van der Waals surface area contributed by atoms with Crippen molar-refractivity contribution in [1.82, 2.24) is 5.32 Å². The van der Waals surface area contributed by atoms with Gasteiger partial charge < -0.3 is 24.5 Å². The highest BCUT2D eigenvalue weighted by atomic mass is 16.5. The third kappa shape index (κ3) is 4.05. The van der Waals surface area contributed by atoms with Gasteiger partial charge in [0.1, 0.15) is 11.3 Å². The van der Waals surface area contributed by atoms with Crippen LogP contribution in [0.5, 0.6) is 5.75 Å². The van der Waals surface area contributed by atoms with E-state index in [0.29, 0.717) is 6.61 Å². The third-order valence-corrected chi connectivity index (χ3v) is 5.05. The SMILES string of the molecule is O=C(Cc1ccc2c(c1)OCCC2)NC(Cc1coc2ccccc12)B(O)O. The first-order valence-electron chi connectivity index (χ1n) is 9.45. The lowest BCUT2D eigenvalue weighted by molar-refractivity contribution is -0.120. The van der Waals surface area contributed by atoms with Crippen LogP contribution in [-0.4, -0.2) is 35.6 Å².